The van der Waals surface area contributed by atoms with Gasteiger partial charge in [0.1, 0.15) is 5.82 Å². The summed E-state index contributed by atoms with van der Waals surface area (Å²) in [6, 6.07) is 13.6. The third-order valence-electron chi connectivity index (χ3n) is 3.27. The van der Waals surface area contributed by atoms with Crippen LogP contribution in [0.15, 0.2) is 48.7 Å². The predicted octanol–water partition coefficient (Wildman–Crippen LogP) is 2.77. The number of hydrogen-bond donors (Lipinski definition) is 1. The molecule has 0 radical (unpaired) electrons. The summed E-state index contributed by atoms with van der Waals surface area (Å²) in [6.45, 7) is 1.47. The van der Waals surface area contributed by atoms with E-state index in [1.165, 1.54) is 6.92 Å². The molecule has 5 nitrogen and oxygen atoms in total. The number of nitrogens with zero attached hydrogens (tertiary/aromatic N) is 3. The van der Waals surface area contributed by atoms with Crippen molar-refractivity contribution in [3.8, 4) is 0 Å². The summed E-state index contributed by atoms with van der Waals surface area (Å²) >= 11 is 0. The Labute approximate surface area is 128 Å². The maximum Gasteiger partial charge on any atom is 0.222 e. The maximum absolute atomic E-state index is 11.1. The van der Waals surface area contributed by atoms with E-state index < -0.39 is 0 Å². The minimum absolute atomic E-state index is 0.119. The molecule has 3 rings (SSSR count). The second kappa shape index (κ2) is 6.30. The van der Waals surface area contributed by atoms with Gasteiger partial charge in [-0.05, 0) is 49.2 Å². The van der Waals surface area contributed by atoms with Crippen molar-refractivity contribution < 1.29 is 4.79 Å². The number of carbonyl (C=O) groups excluding carboxylic acids is 1. The number of hydrogen-bond acceptors (Lipinski definition) is 4. The fraction of sp³-hybridized carbons (Fsp3) is 0.176. The van der Waals surface area contributed by atoms with E-state index >= 15 is 0 Å². The van der Waals surface area contributed by atoms with E-state index in [0.29, 0.717) is 5.82 Å². The summed E-state index contributed by atoms with van der Waals surface area (Å²) in [5.74, 6) is 0.463. The van der Waals surface area contributed by atoms with Crippen molar-refractivity contribution in [2.24, 2.45) is 0 Å². The molecule has 0 saturated heterocycles. The van der Waals surface area contributed by atoms with Crippen LogP contribution in [0.5, 0.6) is 0 Å². The molecule has 0 aliphatic heterocycles. The number of nitrogens with one attached hydrogen (secondary N) is 1. The fourth-order valence-electron chi connectivity index (χ4n) is 2.26. The SMILES string of the molecule is CC(=O)Nc1cccc(CCc2ccc3cccnc3n2)n1. The standard InChI is InChI=1S/C17H16N4O/c1-12(22)19-16-6-2-5-14(20-16)9-10-15-8-7-13-4-3-11-18-17(13)21-15/h2-8,11H,9-10H2,1H3,(H,19,20,22). The summed E-state index contributed by atoms with van der Waals surface area (Å²) in [7, 11) is 0. The monoisotopic (exact) mass is 292 g/mol. The zero-order valence-electron chi connectivity index (χ0n) is 12.3. The molecule has 3 aromatic heterocycles. The second-order valence-corrected chi connectivity index (χ2v) is 5.05. The van der Waals surface area contributed by atoms with Crippen LogP contribution in [0, 0.1) is 0 Å². The van der Waals surface area contributed by atoms with E-state index in [9.17, 15) is 4.79 Å². The van der Waals surface area contributed by atoms with Gasteiger partial charge in [-0.1, -0.05) is 6.07 Å². The fourth-order valence-corrected chi connectivity index (χ4v) is 2.26. The molecule has 0 aromatic carbocycles. The molecule has 0 atom stereocenters. The summed E-state index contributed by atoms with van der Waals surface area (Å²) in [4.78, 5) is 24.3. The van der Waals surface area contributed by atoms with Gasteiger partial charge in [0, 0.05) is 29.9 Å². The molecule has 0 bridgehead atoms. The molecule has 0 unspecified atom stereocenters. The lowest BCUT2D eigenvalue weighted by Gasteiger charge is -2.05. The molecule has 1 amide bonds. The number of rotatable bonds is 4. The minimum atomic E-state index is -0.119. The Morgan fingerprint density at radius 3 is 2.64 bits per heavy atom. The lowest BCUT2D eigenvalue weighted by Crippen LogP contribution is -2.08. The number of aryl methyl sites for hydroxylation is 2. The molecule has 3 aromatic rings. The topological polar surface area (TPSA) is 67.8 Å². The van der Waals surface area contributed by atoms with Crippen molar-refractivity contribution in [2.45, 2.75) is 19.8 Å². The van der Waals surface area contributed by atoms with Gasteiger partial charge in [-0.25, -0.2) is 15.0 Å². The van der Waals surface area contributed by atoms with E-state index in [1.807, 2.05) is 36.4 Å². The first-order valence-electron chi connectivity index (χ1n) is 7.15. The molecule has 3 heterocycles. The van der Waals surface area contributed by atoms with Crippen LogP contribution in [0.2, 0.25) is 0 Å². The molecule has 0 fully saturated rings. The number of amides is 1. The Hall–Kier alpha value is -2.82. The van der Waals surface area contributed by atoms with Crippen molar-refractivity contribution in [2.75, 3.05) is 5.32 Å². The van der Waals surface area contributed by atoms with Crippen LogP contribution >= 0.6 is 0 Å². The summed E-state index contributed by atoms with van der Waals surface area (Å²) in [5.41, 5.74) is 2.67. The van der Waals surface area contributed by atoms with E-state index in [0.717, 1.165) is 35.3 Å². The van der Waals surface area contributed by atoms with E-state index in [2.05, 4.69) is 20.3 Å². The molecule has 110 valence electrons. The van der Waals surface area contributed by atoms with Gasteiger partial charge in [0.05, 0.1) is 0 Å². The third-order valence-corrected chi connectivity index (χ3v) is 3.27. The average Bonchev–Trinajstić information content (AvgIpc) is 2.52. The smallest absolute Gasteiger partial charge is 0.222 e. The first kappa shape index (κ1) is 14.1. The van der Waals surface area contributed by atoms with Crippen molar-refractivity contribution in [3.63, 3.8) is 0 Å². The highest BCUT2D eigenvalue weighted by Gasteiger charge is 2.03. The molecule has 1 N–H and O–H groups in total. The zero-order valence-corrected chi connectivity index (χ0v) is 12.3. The summed E-state index contributed by atoms with van der Waals surface area (Å²) in [6.07, 6.45) is 3.29. The van der Waals surface area contributed by atoms with Crippen LogP contribution in [0.4, 0.5) is 5.82 Å². The highest BCUT2D eigenvalue weighted by Crippen LogP contribution is 2.12. The van der Waals surface area contributed by atoms with Gasteiger partial charge in [-0.3, -0.25) is 4.79 Å². The van der Waals surface area contributed by atoms with Crippen molar-refractivity contribution >= 4 is 22.8 Å². The zero-order chi connectivity index (χ0) is 15.4. The first-order valence-corrected chi connectivity index (χ1v) is 7.15. The third kappa shape index (κ3) is 3.44. The molecule has 22 heavy (non-hydrogen) atoms. The van der Waals surface area contributed by atoms with Crippen LogP contribution in [-0.2, 0) is 17.6 Å². The highest BCUT2D eigenvalue weighted by molar-refractivity contribution is 5.87. The normalized spacial score (nSPS) is 10.6. The number of pyridine rings is 3. The summed E-state index contributed by atoms with van der Waals surface area (Å²) in [5, 5.41) is 3.73. The van der Waals surface area contributed by atoms with Gasteiger partial charge in [-0.15, -0.1) is 0 Å². The van der Waals surface area contributed by atoms with Gasteiger partial charge < -0.3 is 5.32 Å². The largest absolute Gasteiger partial charge is 0.311 e. The quantitative estimate of drug-likeness (QED) is 0.803. The van der Waals surface area contributed by atoms with Gasteiger partial charge in [-0.2, -0.15) is 0 Å². The average molecular weight is 292 g/mol. The van der Waals surface area contributed by atoms with Gasteiger partial charge in [0.2, 0.25) is 5.91 Å². The molecule has 0 aliphatic rings. The number of fused-ring (bicyclic) bond motifs is 1. The number of carbonyl (C=O) groups is 1. The predicted molar refractivity (Wildman–Crippen MR) is 85.5 cm³/mol. The van der Waals surface area contributed by atoms with E-state index in [4.69, 9.17) is 0 Å². The van der Waals surface area contributed by atoms with Crippen LogP contribution < -0.4 is 5.32 Å². The van der Waals surface area contributed by atoms with Crippen LogP contribution in [0.3, 0.4) is 0 Å². The van der Waals surface area contributed by atoms with Gasteiger partial charge in [0.25, 0.3) is 0 Å². The Morgan fingerprint density at radius 2 is 1.82 bits per heavy atom. The lowest BCUT2D eigenvalue weighted by atomic mass is 10.1. The van der Waals surface area contributed by atoms with E-state index in [1.54, 1.807) is 12.3 Å². The highest BCUT2D eigenvalue weighted by atomic mass is 16.1. The Kier molecular flexibility index (Phi) is 4.05. The van der Waals surface area contributed by atoms with Crippen LogP contribution in [0.1, 0.15) is 18.3 Å². The van der Waals surface area contributed by atoms with Crippen molar-refractivity contribution in [3.05, 3.63) is 60.0 Å². The molecular weight excluding hydrogens is 276 g/mol. The minimum Gasteiger partial charge on any atom is -0.311 e. The Morgan fingerprint density at radius 1 is 1.00 bits per heavy atom. The first-order chi connectivity index (χ1) is 10.7. The lowest BCUT2D eigenvalue weighted by molar-refractivity contribution is -0.114. The second-order valence-electron chi connectivity index (χ2n) is 5.05. The van der Waals surface area contributed by atoms with Crippen LogP contribution in [-0.4, -0.2) is 20.9 Å². The number of anilines is 1. The summed E-state index contributed by atoms with van der Waals surface area (Å²) < 4.78 is 0. The molecule has 0 aliphatic carbocycles. The van der Waals surface area contributed by atoms with Crippen LogP contribution in [0.25, 0.3) is 11.0 Å². The number of aromatic nitrogens is 3. The van der Waals surface area contributed by atoms with Gasteiger partial charge in [0.15, 0.2) is 5.65 Å². The Bertz CT molecular complexity index is 816. The van der Waals surface area contributed by atoms with Gasteiger partial charge >= 0.3 is 0 Å². The molecule has 0 saturated carbocycles. The Balaban J connectivity index is 1.72. The molecular formula is C17H16N4O. The van der Waals surface area contributed by atoms with Crippen molar-refractivity contribution in [1.82, 2.24) is 15.0 Å². The van der Waals surface area contributed by atoms with Crippen molar-refractivity contribution in [1.29, 1.82) is 0 Å². The van der Waals surface area contributed by atoms with E-state index in [-0.39, 0.29) is 5.91 Å². The molecule has 0 spiro atoms. The maximum atomic E-state index is 11.1. The molecule has 5 heteroatoms.